The van der Waals surface area contributed by atoms with Crippen LogP contribution in [0, 0.1) is 23.7 Å². The van der Waals surface area contributed by atoms with Gasteiger partial charge in [-0.2, -0.15) is 8.61 Å². The van der Waals surface area contributed by atoms with E-state index in [4.69, 9.17) is 52.1 Å². The molecule has 0 unspecified atom stereocenters. The summed E-state index contributed by atoms with van der Waals surface area (Å²) in [5, 5.41) is 33.7. The van der Waals surface area contributed by atoms with Crippen molar-refractivity contribution in [2.24, 2.45) is 23.7 Å². The van der Waals surface area contributed by atoms with E-state index in [-0.39, 0.29) is 111 Å². The molecule has 24 nitrogen and oxygen atoms in total. The molecule has 2 amide bonds. The topological polar surface area (TPSA) is 286 Å². The van der Waals surface area contributed by atoms with Crippen LogP contribution < -0.4 is 24.3 Å². The van der Waals surface area contributed by atoms with Gasteiger partial charge in [-0.25, -0.2) is 26.4 Å². The van der Waals surface area contributed by atoms with Crippen LogP contribution in [0.3, 0.4) is 0 Å². The maximum Gasteiger partial charge on any atom is 0.412 e. The molecule has 0 radical (unpaired) electrons. The summed E-state index contributed by atoms with van der Waals surface area (Å²) in [6.45, 7) is 12.9. The van der Waals surface area contributed by atoms with Crippen molar-refractivity contribution in [3.05, 3.63) is 96.1 Å². The number of sulfonamides is 2. The van der Waals surface area contributed by atoms with Gasteiger partial charge >= 0.3 is 12.2 Å². The van der Waals surface area contributed by atoms with E-state index < -0.39 is 80.7 Å². The Morgan fingerprint density at radius 1 is 0.659 bits per heavy atom. The molecule has 11 rings (SSSR count). The second kappa shape index (κ2) is 26.0. The normalized spacial score (nSPS) is 25.2. The lowest BCUT2D eigenvalue weighted by molar-refractivity contribution is -0.0912. The number of carbonyl (C=O) groups excluding carboxylic acids is 2. The van der Waals surface area contributed by atoms with Crippen LogP contribution in [-0.2, 0) is 66.0 Å². The number of fused-ring (bicyclic) bond motifs is 4. The van der Waals surface area contributed by atoms with Crippen LogP contribution in [0.2, 0.25) is 0 Å². The van der Waals surface area contributed by atoms with Crippen molar-refractivity contribution in [3.63, 3.8) is 0 Å². The number of ether oxygens (including phenoxy) is 11. The number of nitrogens with one attached hydrogen (secondary N) is 1. The fourth-order valence-electron chi connectivity index (χ4n) is 11.7. The number of rotatable bonds is 20. The molecule has 5 fully saturated rings. The van der Waals surface area contributed by atoms with E-state index in [1.54, 1.807) is 61.2 Å². The van der Waals surface area contributed by atoms with E-state index in [0.29, 0.717) is 49.1 Å². The zero-order valence-electron chi connectivity index (χ0n) is 48.4. The Kier molecular flexibility index (Phi) is 18.9. The predicted octanol–water partition coefficient (Wildman–Crippen LogP) is 5.94. The number of alkyl carbamates (subject to hydrolysis) is 1. The number of aliphatic hydroxyl groups is 1. The van der Waals surface area contributed by atoms with Gasteiger partial charge in [0, 0.05) is 38.3 Å². The van der Waals surface area contributed by atoms with E-state index in [2.05, 4.69) is 5.32 Å². The largest absolute Gasteiger partial charge is 0.508 e. The highest BCUT2D eigenvalue weighted by Crippen LogP contribution is 2.41. The number of phenols is 2. The lowest BCUT2D eigenvalue weighted by atomic mass is 9.99. The van der Waals surface area contributed by atoms with Crippen LogP contribution in [0.5, 0.6) is 34.5 Å². The van der Waals surface area contributed by atoms with Crippen molar-refractivity contribution in [2.45, 2.75) is 132 Å². The van der Waals surface area contributed by atoms with Gasteiger partial charge in [-0.05, 0) is 111 Å². The van der Waals surface area contributed by atoms with Crippen LogP contribution in [-0.4, -0.2) is 179 Å². The monoisotopic (exact) mass is 1220 g/mol. The number of hydrogen-bond acceptors (Lipinski definition) is 20. The standard InChI is InChI=1S/C31H40N2O10S.C28H36N2O10S/c1-19(2)15-32(44(36,37)22-9-10-25-26(14-22)41-18-40-25)16-27-24(13-20-5-7-21(34)8-6-20)33(31(3,4)43-27)30(35)42-28-17-39-29-23(28)11-12-38-29;1-17(2)13-30(41(34,35)20-7-8-24-25(12-20)39-16-38-24)14-23(32)22(11-18-3-5-19(31)6-4-18)29-28(33)40-26-15-37-27-21(26)9-10-36-27/h5-10,14,19,23-24,27-29,34H,11-13,15-18H2,1-4H3;3-8,12,17,21-23,26-27,31-32H,9-11,13-16H2,1-2H3,(H,29,33)/t23-,24-,27+,28+,29+;21-,22-,23+,26+,27+/m00/s1. The van der Waals surface area contributed by atoms with Crippen molar-refractivity contribution in [2.75, 3.05) is 66.2 Å². The van der Waals surface area contributed by atoms with Crippen molar-refractivity contribution in [1.82, 2.24) is 18.8 Å². The Morgan fingerprint density at radius 2 is 1.15 bits per heavy atom. The molecule has 0 saturated carbocycles. The predicted molar refractivity (Wildman–Crippen MR) is 302 cm³/mol. The number of hydrogen-bond donors (Lipinski definition) is 4. The fraction of sp³-hybridized carbons (Fsp3) is 0.559. The minimum Gasteiger partial charge on any atom is -0.508 e. The zero-order valence-corrected chi connectivity index (χ0v) is 50.0. The third-order valence-corrected chi connectivity index (χ3v) is 19.5. The molecular formula is C59H76N4O20S2. The van der Waals surface area contributed by atoms with E-state index in [9.17, 15) is 41.7 Å². The van der Waals surface area contributed by atoms with Crippen molar-refractivity contribution >= 4 is 32.2 Å². The Morgan fingerprint density at radius 3 is 1.69 bits per heavy atom. The van der Waals surface area contributed by atoms with Crippen molar-refractivity contribution in [3.8, 4) is 34.5 Å². The van der Waals surface area contributed by atoms with Crippen LogP contribution in [0.15, 0.2) is 94.7 Å². The molecule has 85 heavy (non-hydrogen) atoms. The van der Waals surface area contributed by atoms with Gasteiger partial charge in [0.05, 0.1) is 72.3 Å². The number of phenolic OH excluding ortho intramolecular Hbond substituents is 2. The summed E-state index contributed by atoms with van der Waals surface area (Å²) in [7, 11) is -8.04. The molecule has 0 aliphatic carbocycles. The third kappa shape index (κ3) is 14.3. The molecule has 0 bridgehead atoms. The summed E-state index contributed by atoms with van der Waals surface area (Å²) < 4.78 is 120. The summed E-state index contributed by atoms with van der Waals surface area (Å²) in [5.41, 5.74) is 0.453. The minimum atomic E-state index is -4.05. The van der Waals surface area contributed by atoms with E-state index in [0.717, 1.165) is 17.5 Å². The first-order chi connectivity index (χ1) is 40.5. The smallest absolute Gasteiger partial charge is 0.412 e. The van der Waals surface area contributed by atoms with Gasteiger partial charge in [0.1, 0.15) is 29.4 Å². The number of amides is 2. The second-order valence-electron chi connectivity index (χ2n) is 23.5. The molecule has 4 N–H and O–H groups in total. The molecule has 10 atom stereocenters. The van der Waals surface area contributed by atoms with E-state index >= 15 is 0 Å². The molecule has 0 aromatic heterocycles. The number of nitrogens with zero attached hydrogens (tertiary/aromatic N) is 3. The SMILES string of the molecule is CC(C)CN(C[C@@H](O)[C@H](Cc1ccc(O)cc1)NC(=O)O[C@@H]1CO[C@H]2OCC[C@H]21)S(=O)(=O)c1ccc2c(c1)OCO2.CC(C)CN(C[C@H]1OC(C)(C)N(C(=O)O[C@@H]2CO[C@H]3OCC[C@H]32)[C@H]1Cc1ccc(O)cc1)S(=O)(=O)c1ccc2c(c1)OCO2. The quantitative estimate of drug-likeness (QED) is 0.0796. The Labute approximate surface area is 495 Å². The van der Waals surface area contributed by atoms with Gasteiger partial charge in [-0.3, -0.25) is 4.90 Å². The van der Waals surface area contributed by atoms with Crippen LogP contribution >= 0.6 is 0 Å². The molecular weight excluding hydrogens is 1150 g/mol. The highest BCUT2D eigenvalue weighted by Gasteiger charge is 2.54. The van der Waals surface area contributed by atoms with Gasteiger partial charge in [0.15, 0.2) is 35.6 Å². The molecule has 26 heteroatoms. The highest BCUT2D eigenvalue weighted by atomic mass is 32.2. The summed E-state index contributed by atoms with van der Waals surface area (Å²) in [4.78, 5) is 28.6. The lowest BCUT2D eigenvalue weighted by Gasteiger charge is -2.34. The van der Waals surface area contributed by atoms with E-state index in [1.807, 2.05) is 27.7 Å². The highest BCUT2D eigenvalue weighted by molar-refractivity contribution is 7.89. The number of aliphatic hydroxyl groups excluding tert-OH is 1. The second-order valence-corrected chi connectivity index (χ2v) is 27.4. The van der Waals surface area contributed by atoms with Gasteiger partial charge in [-0.15, -0.1) is 0 Å². The van der Waals surface area contributed by atoms with Crippen LogP contribution in [0.4, 0.5) is 9.59 Å². The minimum absolute atomic E-state index is 0.00397. The average Bonchev–Trinajstić information content (AvgIpc) is 2.98. The molecule has 4 aromatic carbocycles. The van der Waals surface area contributed by atoms with Gasteiger partial charge < -0.3 is 72.7 Å². The van der Waals surface area contributed by atoms with Crippen molar-refractivity contribution in [1.29, 1.82) is 0 Å². The Bertz CT molecular complexity index is 3210. The molecule has 5 saturated heterocycles. The number of aromatic hydroxyl groups is 2. The van der Waals surface area contributed by atoms with Crippen molar-refractivity contribution < 1.29 is 93.8 Å². The average molecular weight is 1230 g/mol. The summed E-state index contributed by atoms with van der Waals surface area (Å²) in [5.74, 6) is 1.71. The number of carbonyl (C=O) groups is 2. The molecule has 7 aliphatic heterocycles. The number of benzene rings is 4. The van der Waals surface area contributed by atoms with Crippen LogP contribution in [0.1, 0.15) is 65.5 Å². The van der Waals surface area contributed by atoms with Gasteiger partial charge in [-0.1, -0.05) is 52.0 Å². The first kappa shape index (κ1) is 61.9. The first-order valence-electron chi connectivity index (χ1n) is 28.7. The first-order valence-corrected chi connectivity index (χ1v) is 31.5. The fourth-order valence-corrected chi connectivity index (χ4v) is 15.0. The summed E-state index contributed by atoms with van der Waals surface area (Å²) in [6.07, 6.45) is -3.06. The Hall–Kier alpha value is -6.20. The summed E-state index contributed by atoms with van der Waals surface area (Å²) in [6, 6.07) is 20.5. The molecule has 4 aromatic rings. The molecule has 7 aliphatic rings. The maximum atomic E-state index is 14.1. The maximum absolute atomic E-state index is 14.1. The molecule has 7 heterocycles. The van der Waals surface area contributed by atoms with Gasteiger partial charge in [0.25, 0.3) is 0 Å². The lowest BCUT2D eigenvalue weighted by Crippen LogP contribution is -2.51. The molecule has 464 valence electrons. The Balaban J connectivity index is 0.000000190. The zero-order chi connectivity index (χ0) is 60.4. The third-order valence-electron chi connectivity index (χ3n) is 15.9. The summed E-state index contributed by atoms with van der Waals surface area (Å²) >= 11 is 0. The molecule has 0 spiro atoms. The van der Waals surface area contributed by atoms with E-state index in [1.165, 1.54) is 51.1 Å². The van der Waals surface area contributed by atoms with Crippen LogP contribution in [0.25, 0.3) is 0 Å². The van der Waals surface area contributed by atoms with Gasteiger partial charge in [0.2, 0.25) is 33.6 Å².